The standard InChI is InChI=1S/C20H21FN2O5/c1-26-19(24)14-6-3-4-9-23(17(14)20(25)27-2)18-15(21)7-5-8-16(18)22-10-12-28-13-11-22/h3-9H,10-13H2,1-2H3. The van der Waals surface area contributed by atoms with Crippen LogP contribution >= 0.6 is 0 Å². The van der Waals surface area contributed by atoms with Crippen molar-refractivity contribution in [1.82, 2.24) is 0 Å². The van der Waals surface area contributed by atoms with Crippen molar-refractivity contribution in [2.24, 2.45) is 0 Å². The lowest BCUT2D eigenvalue weighted by atomic mass is 10.1. The number of morpholine rings is 1. The summed E-state index contributed by atoms with van der Waals surface area (Å²) >= 11 is 0. The van der Waals surface area contributed by atoms with Crippen LogP contribution in [-0.2, 0) is 23.8 Å². The Labute approximate surface area is 162 Å². The van der Waals surface area contributed by atoms with E-state index in [4.69, 9.17) is 14.2 Å². The number of methoxy groups -OCH3 is 2. The molecule has 1 fully saturated rings. The molecule has 0 radical (unpaired) electrons. The van der Waals surface area contributed by atoms with Crippen molar-refractivity contribution < 1.29 is 28.2 Å². The topological polar surface area (TPSA) is 68.3 Å². The largest absolute Gasteiger partial charge is 0.465 e. The Hall–Kier alpha value is -3.13. The first-order valence-electron chi connectivity index (χ1n) is 8.74. The Morgan fingerprint density at radius 3 is 2.46 bits per heavy atom. The van der Waals surface area contributed by atoms with Gasteiger partial charge in [-0.3, -0.25) is 0 Å². The van der Waals surface area contributed by atoms with E-state index in [9.17, 15) is 9.59 Å². The second-order valence-electron chi connectivity index (χ2n) is 6.02. The molecule has 7 nitrogen and oxygen atoms in total. The molecule has 0 aromatic heterocycles. The SMILES string of the molecule is COC(=O)C1=C(C(=O)OC)N(c2c(F)cccc2N2CCOCC2)C=CC=C1. The second kappa shape index (κ2) is 8.71. The third kappa shape index (κ3) is 3.77. The summed E-state index contributed by atoms with van der Waals surface area (Å²) in [5.74, 6) is -2.05. The minimum atomic E-state index is -0.784. The molecule has 0 amide bonds. The van der Waals surface area contributed by atoms with Crippen LogP contribution in [0, 0.1) is 5.82 Å². The number of allylic oxidation sites excluding steroid dienone is 2. The fourth-order valence-corrected chi connectivity index (χ4v) is 3.14. The maximum absolute atomic E-state index is 15.0. The lowest BCUT2D eigenvalue weighted by molar-refractivity contribution is -0.139. The summed E-state index contributed by atoms with van der Waals surface area (Å²) in [5.41, 5.74) is 0.570. The van der Waals surface area contributed by atoms with E-state index in [1.807, 2.05) is 4.90 Å². The average molecular weight is 388 g/mol. The summed E-state index contributed by atoms with van der Waals surface area (Å²) < 4.78 is 30.1. The van der Waals surface area contributed by atoms with Crippen LogP contribution in [0.4, 0.5) is 15.8 Å². The molecule has 0 saturated carbocycles. The maximum atomic E-state index is 15.0. The zero-order valence-electron chi connectivity index (χ0n) is 15.7. The van der Waals surface area contributed by atoms with Gasteiger partial charge in [-0.25, -0.2) is 14.0 Å². The fourth-order valence-electron chi connectivity index (χ4n) is 3.14. The molecule has 8 heteroatoms. The van der Waals surface area contributed by atoms with Gasteiger partial charge < -0.3 is 24.0 Å². The van der Waals surface area contributed by atoms with Gasteiger partial charge in [-0.05, 0) is 24.3 Å². The molecule has 2 aliphatic rings. The number of esters is 2. The van der Waals surface area contributed by atoms with E-state index in [-0.39, 0.29) is 17.0 Å². The molecule has 1 saturated heterocycles. The van der Waals surface area contributed by atoms with Gasteiger partial charge in [-0.1, -0.05) is 12.1 Å². The molecule has 0 bridgehead atoms. The lowest BCUT2D eigenvalue weighted by Gasteiger charge is -2.33. The van der Waals surface area contributed by atoms with Gasteiger partial charge in [0.1, 0.15) is 17.2 Å². The normalized spacial score (nSPS) is 16.8. The number of ether oxygens (including phenoxy) is 3. The number of para-hydroxylation sites is 1. The second-order valence-corrected chi connectivity index (χ2v) is 6.02. The number of benzene rings is 1. The summed E-state index contributed by atoms with van der Waals surface area (Å²) in [6.07, 6.45) is 6.13. The van der Waals surface area contributed by atoms with Crippen LogP contribution in [0.25, 0.3) is 0 Å². The monoisotopic (exact) mass is 388 g/mol. The first kappa shape index (κ1) is 19.6. The first-order chi connectivity index (χ1) is 13.6. The van der Waals surface area contributed by atoms with Crippen molar-refractivity contribution in [3.63, 3.8) is 0 Å². The van der Waals surface area contributed by atoms with Crippen LogP contribution in [-0.4, -0.2) is 52.5 Å². The van der Waals surface area contributed by atoms with Gasteiger partial charge in [0.2, 0.25) is 0 Å². The summed E-state index contributed by atoms with van der Waals surface area (Å²) in [4.78, 5) is 28.2. The summed E-state index contributed by atoms with van der Waals surface area (Å²) in [5, 5.41) is 0. The number of nitrogens with zero attached hydrogens (tertiary/aromatic N) is 2. The Balaban J connectivity index is 2.20. The zero-order valence-corrected chi connectivity index (χ0v) is 15.7. The van der Waals surface area contributed by atoms with Gasteiger partial charge >= 0.3 is 11.9 Å². The summed E-state index contributed by atoms with van der Waals surface area (Å²) in [6, 6.07) is 4.67. The molecule has 28 heavy (non-hydrogen) atoms. The third-order valence-corrected chi connectivity index (χ3v) is 4.45. The highest BCUT2D eigenvalue weighted by Gasteiger charge is 2.31. The van der Waals surface area contributed by atoms with Gasteiger partial charge in [0.05, 0.1) is 38.7 Å². The molecule has 2 heterocycles. The molecular formula is C20H21FN2O5. The van der Waals surface area contributed by atoms with E-state index in [0.717, 1.165) is 0 Å². The highest BCUT2D eigenvalue weighted by Crippen LogP contribution is 2.37. The number of carbonyl (C=O) groups is 2. The molecule has 0 unspecified atom stereocenters. The van der Waals surface area contributed by atoms with Crippen molar-refractivity contribution >= 4 is 23.3 Å². The molecule has 0 atom stereocenters. The quantitative estimate of drug-likeness (QED) is 0.732. The van der Waals surface area contributed by atoms with Crippen molar-refractivity contribution in [2.75, 3.05) is 50.3 Å². The van der Waals surface area contributed by atoms with Crippen LogP contribution in [0.15, 0.2) is 53.9 Å². The predicted molar refractivity (Wildman–Crippen MR) is 101 cm³/mol. The van der Waals surface area contributed by atoms with E-state index in [0.29, 0.717) is 32.0 Å². The summed E-state index contributed by atoms with van der Waals surface area (Å²) in [6.45, 7) is 2.18. The van der Waals surface area contributed by atoms with Crippen LogP contribution in [0.5, 0.6) is 0 Å². The summed E-state index contributed by atoms with van der Waals surface area (Å²) in [7, 11) is 2.41. The Morgan fingerprint density at radius 2 is 1.79 bits per heavy atom. The molecule has 148 valence electrons. The van der Waals surface area contributed by atoms with Gasteiger partial charge in [-0.15, -0.1) is 0 Å². The molecule has 3 rings (SSSR count). The zero-order chi connectivity index (χ0) is 20.1. The number of rotatable bonds is 4. The highest BCUT2D eigenvalue weighted by molar-refractivity contribution is 6.06. The van der Waals surface area contributed by atoms with Crippen molar-refractivity contribution in [3.8, 4) is 0 Å². The molecule has 2 aliphatic heterocycles. The Kier molecular flexibility index (Phi) is 6.10. The number of hydrogen-bond donors (Lipinski definition) is 0. The van der Waals surface area contributed by atoms with E-state index in [1.54, 1.807) is 24.3 Å². The fraction of sp³-hybridized carbons (Fsp3) is 0.300. The van der Waals surface area contributed by atoms with Crippen LogP contribution in [0.3, 0.4) is 0 Å². The van der Waals surface area contributed by atoms with Crippen molar-refractivity contribution in [2.45, 2.75) is 0 Å². The molecule has 1 aromatic carbocycles. The minimum Gasteiger partial charge on any atom is -0.465 e. The van der Waals surface area contributed by atoms with Crippen LogP contribution < -0.4 is 9.80 Å². The minimum absolute atomic E-state index is 0.0319. The van der Waals surface area contributed by atoms with E-state index < -0.39 is 17.8 Å². The Bertz CT molecular complexity index is 856. The van der Waals surface area contributed by atoms with Gasteiger partial charge in [0.25, 0.3) is 0 Å². The smallest absolute Gasteiger partial charge is 0.355 e. The molecule has 0 spiro atoms. The third-order valence-electron chi connectivity index (χ3n) is 4.45. The molecular weight excluding hydrogens is 367 g/mol. The first-order valence-corrected chi connectivity index (χ1v) is 8.74. The van der Waals surface area contributed by atoms with E-state index >= 15 is 4.39 Å². The number of hydrogen-bond acceptors (Lipinski definition) is 7. The van der Waals surface area contributed by atoms with Gasteiger partial charge in [0, 0.05) is 19.3 Å². The Morgan fingerprint density at radius 1 is 1.07 bits per heavy atom. The van der Waals surface area contributed by atoms with Gasteiger partial charge in [0.15, 0.2) is 0 Å². The lowest BCUT2D eigenvalue weighted by Crippen LogP contribution is -2.38. The van der Waals surface area contributed by atoms with Crippen LogP contribution in [0.1, 0.15) is 0 Å². The molecule has 0 aliphatic carbocycles. The van der Waals surface area contributed by atoms with E-state index in [1.165, 1.54) is 37.5 Å². The van der Waals surface area contributed by atoms with Gasteiger partial charge in [-0.2, -0.15) is 0 Å². The predicted octanol–water partition coefficient (Wildman–Crippen LogP) is 2.15. The number of halogens is 1. The van der Waals surface area contributed by atoms with E-state index in [2.05, 4.69) is 0 Å². The molecule has 1 aromatic rings. The van der Waals surface area contributed by atoms with Crippen molar-refractivity contribution in [1.29, 1.82) is 0 Å². The van der Waals surface area contributed by atoms with Crippen molar-refractivity contribution in [3.05, 3.63) is 59.7 Å². The molecule has 0 N–H and O–H groups in total. The average Bonchev–Trinajstić information content (AvgIpc) is 2.96. The number of anilines is 2. The van der Waals surface area contributed by atoms with Crippen LogP contribution in [0.2, 0.25) is 0 Å². The highest BCUT2D eigenvalue weighted by atomic mass is 19.1. The number of carbonyl (C=O) groups excluding carboxylic acids is 2. The maximum Gasteiger partial charge on any atom is 0.355 e.